The molecule has 0 atom stereocenters. The van der Waals surface area contributed by atoms with Crippen molar-refractivity contribution in [2.45, 2.75) is 32.4 Å². The lowest BCUT2D eigenvalue weighted by Gasteiger charge is -2.31. The third kappa shape index (κ3) is 3.88. The highest BCUT2D eigenvalue weighted by atomic mass is 35.5. The standard InChI is InChI=1S/C24H23ClN4O3/c1-27-22(30)8-7-20(26-27)24(32)28-10-9-21-17(14-28)12-19(16-3-2-4-18(25)11-16)23(31)29(21)13-15-5-6-15/h2-4,7-8,11-12,15H,5-6,9-10,13-14H2,1H3. The lowest BCUT2D eigenvalue weighted by Crippen LogP contribution is -2.40. The quantitative estimate of drug-likeness (QED) is 0.612. The van der Waals surface area contributed by atoms with Crippen LogP contribution in [0.3, 0.4) is 0 Å². The van der Waals surface area contributed by atoms with Gasteiger partial charge in [0, 0.05) is 55.4 Å². The molecule has 32 heavy (non-hydrogen) atoms. The second-order valence-corrected chi connectivity index (χ2v) is 8.99. The van der Waals surface area contributed by atoms with Crippen LogP contribution in [-0.4, -0.2) is 31.7 Å². The van der Waals surface area contributed by atoms with Crippen LogP contribution in [0.5, 0.6) is 0 Å². The summed E-state index contributed by atoms with van der Waals surface area (Å²) < 4.78 is 3.07. The lowest BCUT2D eigenvalue weighted by molar-refractivity contribution is 0.0723. The van der Waals surface area contributed by atoms with Crippen LogP contribution in [0.4, 0.5) is 0 Å². The molecule has 2 aromatic heterocycles. The van der Waals surface area contributed by atoms with E-state index in [0.717, 1.165) is 34.3 Å². The molecule has 3 heterocycles. The summed E-state index contributed by atoms with van der Waals surface area (Å²) in [6.45, 7) is 1.60. The number of carbonyl (C=O) groups excluding carboxylic acids is 1. The average Bonchev–Trinajstić information content (AvgIpc) is 3.61. The van der Waals surface area contributed by atoms with Gasteiger partial charge in [-0.25, -0.2) is 4.68 Å². The second kappa shape index (κ2) is 8.06. The number of aryl methyl sites for hydroxylation is 1. The Labute approximate surface area is 189 Å². The third-order valence-corrected chi connectivity index (χ3v) is 6.45. The Bertz CT molecular complexity index is 1340. The van der Waals surface area contributed by atoms with Crippen molar-refractivity contribution in [3.05, 3.63) is 85.1 Å². The molecule has 1 amide bonds. The molecule has 7 nitrogen and oxygen atoms in total. The molecular formula is C24H23ClN4O3. The summed E-state index contributed by atoms with van der Waals surface area (Å²) in [7, 11) is 1.53. The minimum atomic E-state index is -0.263. The molecule has 0 radical (unpaired) electrons. The van der Waals surface area contributed by atoms with Gasteiger partial charge in [-0.05, 0) is 54.2 Å². The van der Waals surface area contributed by atoms with Gasteiger partial charge in [0.2, 0.25) is 0 Å². The Balaban J connectivity index is 1.55. The van der Waals surface area contributed by atoms with Gasteiger partial charge in [0.15, 0.2) is 0 Å². The first-order valence-electron chi connectivity index (χ1n) is 10.8. The molecule has 0 spiro atoms. The summed E-state index contributed by atoms with van der Waals surface area (Å²) in [5, 5.41) is 4.68. The predicted octanol–water partition coefficient (Wildman–Crippen LogP) is 2.87. The molecule has 8 heteroatoms. The van der Waals surface area contributed by atoms with Gasteiger partial charge < -0.3 is 9.47 Å². The normalized spacial score (nSPS) is 15.5. The van der Waals surface area contributed by atoms with Gasteiger partial charge in [0.25, 0.3) is 17.0 Å². The fourth-order valence-corrected chi connectivity index (χ4v) is 4.48. The van der Waals surface area contributed by atoms with Crippen LogP contribution in [0.1, 0.15) is 34.6 Å². The first-order chi connectivity index (χ1) is 15.4. The maximum Gasteiger partial charge on any atom is 0.274 e. The van der Waals surface area contributed by atoms with E-state index in [1.165, 1.54) is 19.2 Å². The minimum Gasteiger partial charge on any atom is -0.332 e. The molecule has 164 valence electrons. The Morgan fingerprint density at radius 2 is 1.97 bits per heavy atom. The Hall–Kier alpha value is -3.19. The van der Waals surface area contributed by atoms with Crippen LogP contribution < -0.4 is 11.1 Å². The van der Waals surface area contributed by atoms with E-state index < -0.39 is 0 Å². The average molecular weight is 451 g/mol. The van der Waals surface area contributed by atoms with Crippen molar-refractivity contribution in [1.29, 1.82) is 0 Å². The summed E-state index contributed by atoms with van der Waals surface area (Å²) in [5.41, 5.74) is 3.31. The van der Waals surface area contributed by atoms with Gasteiger partial charge in [0.1, 0.15) is 5.69 Å². The Morgan fingerprint density at radius 3 is 2.69 bits per heavy atom. The maximum atomic E-state index is 13.4. The SMILES string of the molecule is Cn1nc(C(=O)N2CCc3c(cc(-c4cccc(Cl)c4)c(=O)n3CC3CC3)C2)ccc1=O. The molecule has 1 aromatic carbocycles. The highest BCUT2D eigenvalue weighted by Gasteiger charge is 2.29. The highest BCUT2D eigenvalue weighted by molar-refractivity contribution is 6.30. The van der Waals surface area contributed by atoms with E-state index in [1.54, 1.807) is 17.0 Å². The van der Waals surface area contributed by atoms with Crippen LogP contribution in [0.2, 0.25) is 5.02 Å². The lowest BCUT2D eigenvalue weighted by atomic mass is 9.98. The molecule has 3 aromatic rings. The zero-order chi connectivity index (χ0) is 22.4. The third-order valence-electron chi connectivity index (χ3n) is 6.21. The number of amides is 1. The van der Waals surface area contributed by atoms with Gasteiger partial charge >= 0.3 is 0 Å². The summed E-state index contributed by atoms with van der Waals surface area (Å²) in [5.74, 6) is 0.316. The number of fused-ring (bicyclic) bond motifs is 1. The zero-order valence-electron chi connectivity index (χ0n) is 17.8. The van der Waals surface area contributed by atoms with Crippen molar-refractivity contribution in [2.24, 2.45) is 13.0 Å². The molecule has 5 rings (SSSR count). The number of nitrogens with zero attached hydrogens (tertiary/aromatic N) is 4. The summed E-state index contributed by atoms with van der Waals surface area (Å²) in [4.78, 5) is 39.8. The first kappa shape index (κ1) is 20.7. The monoisotopic (exact) mass is 450 g/mol. The summed E-state index contributed by atoms with van der Waals surface area (Å²) >= 11 is 6.19. The van der Waals surface area contributed by atoms with E-state index in [4.69, 9.17) is 11.6 Å². The van der Waals surface area contributed by atoms with E-state index in [0.29, 0.717) is 42.6 Å². The predicted molar refractivity (Wildman–Crippen MR) is 122 cm³/mol. The van der Waals surface area contributed by atoms with E-state index in [-0.39, 0.29) is 22.7 Å². The van der Waals surface area contributed by atoms with Gasteiger partial charge in [-0.2, -0.15) is 5.10 Å². The number of benzene rings is 1. The van der Waals surface area contributed by atoms with Gasteiger partial charge in [0.05, 0.1) is 0 Å². The maximum absolute atomic E-state index is 13.4. The molecule has 1 fully saturated rings. The number of carbonyl (C=O) groups is 1. The van der Waals surface area contributed by atoms with Crippen molar-refractivity contribution in [2.75, 3.05) is 6.54 Å². The van der Waals surface area contributed by atoms with Crippen molar-refractivity contribution in [3.8, 4) is 11.1 Å². The van der Waals surface area contributed by atoms with E-state index >= 15 is 0 Å². The van der Waals surface area contributed by atoms with Crippen LogP contribution in [-0.2, 0) is 26.6 Å². The van der Waals surface area contributed by atoms with E-state index in [1.807, 2.05) is 22.8 Å². The number of halogens is 1. The minimum absolute atomic E-state index is 0.00239. The highest BCUT2D eigenvalue weighted by Crippen LogP contribution is 2.32. The van der Waals surface area contributed by atoms with Crippen LogP contribution >= 0.6 is 11.6 Å². The number of pyridine rings is 1. The van der Waals surface area contributed by atoms with Crippen molar-refractivity contribution < 1.29 is 4.79 Å². The largest absolute Gasteiger partial charge is 0.332 e. The van der Waals surface area contributed by atoms with E-state index in [9.17, 15) is 14.4 Å². The molecule has 0 unspecified atom stereocenters. The number of hydrogen-bond acceptors (Lipinski definition) is 4. The number of rotatable bonds is 4. The van der Waals surface area contributed by atoms with Crippen LogP contribution in [0.25, 0.3) is 11.1 Å². The summed E-state index contributed by atoms with van der Waals surface area (Å²) in [6.07, 6.45) is 2.89. The second-order valence-electron chi connectivity index (χ2n) is 8.56. The van der Waals surface area contributed by atoms with Crippen LogP contribution in [0, 0.1) is 5.92 Å². The molecule has 2 aliphatic rings. The molecule has 1 saturated carbocycles. The van der Waals surface area contributed by atoms with E-state index in [2.05, 4.69) is 5.10 Å². The van der Waals surface area contributed by atoms with Gasteiger partial charge in [-0.1, -0.05) is 23.7 Å². The smallest absolute Gasteiger partial charge is 0.274 e. The number of aromatic nitrogens is 3. The fourth-order valence-electron chi connectivity index (χ4n) is 4.28. The van der Waals surface area contributed by atoms with Crippen molar-refractivity contribution >= 4 is 17.5 Å². The first-order valence-corrected chi connectivity index (χ1v) is 11.1. The topological polar surface area (TPSA) is 77.2 Å². The molecule has 1 aliphatic carbocycles. The molecular weight excluding hydrogens is 428 g/mol. The molecule has 0 saturated heterocycles. The van der Waals surface area contributed by atoms with Gasteiger partial charge in [-0.3, -0.25) is 14.4 Å². The fraction of sp³-hybridized carbons (Fsp3) is 0.333. The Kier molecular flexibility index (Phi) is 5.21. The number of hydrogen-bond donors (Lipinski definition) is 0. The molecule has 0 bridgehead atoms. The molecule has 1 aliphatic heterocycles. The van der Waals surface area contributed by atoms with Gasteiger partial charge in [-0.15, -0.1) is 0 Å². The summed E-state index contributed by atoms with van der Waals surface area (Å²) in [6, 6.07) is 12.0. The van der Waals surface area contributed by atoms with Crippen molar-refractivity contribution in [3.63, 3.8) is 0 Å². The van der Waals surface area contributed by atoms with Crippen LogP contribution in [0.15, 0.2) is 52.1 Å². The van der Waals surface area contributed by atoms with Crippen molar-refractivity contribution in [1.82, 2.24) is 19.2 Å². The molecule has 0 N–H and O–H groups in total. The zero-order valence-corrected chi connectivity index (χ0v) is 18.5. The Morgan fingerprint density at radius 1 is 1.16 bits per heavy atom.